The predicted octanol–water partition coefficient (Wildman–Crippen LogP) is 6.18. The number of ether oxygens (including phenoxy) is 2. The Morgan fingerprint density at radius 3 is 2.02 bits per heavy atom. The molecule has 57 heavy (non-hydrogen) atoms. The van der Waals surface area contributed by atoms with Gasteiger partial charge in [-0.1, -0.05) is 109 Å². The van der Waals surface area contributed by atoms with Crippen molar-refractivity contribution in [2.24, 2.45) is 17.8 Å². The van der Waals surface area contributed by atoms with Crippen LogP contribution in [0.4, 0.5) is 0 Å². The fourth-order valence-corrected chi connectivity index (χ4v) is 7.50. The number of esters is 2. The topological polar surface area (TPSA) is 256 Å². The van der Waals surface area contributed by atoms with Gasteiger partial charge in [-0.25, -0.2) is 9.13 Å². The van der Waals surface area contributed by atoms with Gasteiger partial charge in [0, 0.05) is 25.2 Å². The van der Waals surface area contributed by atoms with Gasteiger partial charge in [0.2, 0.25) is 0 Å². The second-order valence-electron chi connectivity index (χ2n) is 15.4. The van der Waals surface area contributed by atoms with Crippen LogP contribution in [0.3, 0.4) is 0 Å². The van der Waals surface area contributed by atoms with Crippen LogP contribution in [-0.2, 0) is 41.8 Å². The summed E-state index contributed by atoms with van der Waals surface area (Å²) in [6, 6.07) is 0. The molecule has 0 bridgehead atoms. The molecule has 1 rings (SSSR count). The number of rotatable bonds is 34. The van der Waals surface area contributed by atoms with Crippen molar-refractivity contribution in [3.8, 4) is 0 Å². The first-order valence-electron chi connectivity index (χ1n) is 20.6. The van der Waals surface area contributed by atoms with Gasteiger partial charge in [-0.05, 0) is 43.9 Å². The minimum Gasteiger partial charge on any atom is -0.462 e. The van der Waals surface area contributed by atoms with Gasteiger partial charge >= 0.3 is 27.6 Å². The highest BCUT2D eigenvalue weighted by molar-refractivity contribution is 7.47. The van der Waals surface area contributed by atoms with Crippen LogP contribution in [0.15, 0.2) is 24.3 Å². The molecule has 1 aliphatic rings. The Kier molecular flexibility index (Phi) is 28.6. The Bertz CT molecular complexity index is 1240. The average Bonchev–Trinajstić information content (AvgIpc) is 3.41. The van der Waals surface area contributed by atoms with Crippen molar-refractivity contribution < 1.29 is 76.9 Å². The number of carbonyl (C=O) groups excluding carboxylic acids is 2. The molecule has 0 saturated heterocycles. The van der Waals surface area contributed by atoms with E-state index in [0.29, 0.717) is 38.0 Å². The number of hydrogen-bond donors (Lipinski definition) is 7. The average molecular weight is 859 g/mol. The second kappa shape index (κ2) is 30.5. The Morgan fingerprint density at radius 1 is 0.737 bits per heavy atom. The van der Waals surface area contributed by atoms with Crippen molar-refractivity contribution in [3.05, 3.63) is 24.3 Å². The molecule has 0 aromatic carbocycles. The highest BCUT2D eigenvalue weighted by Gasteiger charge is 2.39. The molecular formula is C39H72O16P2. The van der Waals surface area contributed by atoms with Crippen molar-refractivity contribution in [2.75, 3.05) is 26.4 Å². The molecule has 0 spiro atoms. The summed E-state index contributed by atoms with van der Waals surface area (Å²) in [6.07, 6.45) is 16.0. The van der Waals surface area contributed by atoms with Gasteiger partial charge in [0.25, 0.3) is 0 Å². The predicted molar refractivity (Wildman–Crippen MR) is 213 cm³/mol. The van der Waals surface area contributed by atoms with Crippen LogP contribution >= 0.6 is 15.6 Å². The fourth-order valence-electron chi connectivity index (χ4n) is 6.35. The van der Waals surface area contributed by atoms with E-state index in [0.717, 1.165) is 44.9 Å². The van der Waals surface area contributed by atoms with Gasteiger partial charge in [-0.2, -0.15) is 0 Å². The van der Waals surface area contributed by atoms with Gasteiger partial charge < -0.3 is 44.6 Å². The summed E-state index contributed by atoms with van der Waals surface area (Å²) >= 11 is 0. The van der Waals surface area contributed by atoms with Gasteiger partial charge in [0.1, 0.15) is 12.7 Å². The zero-order chi connectivity index (χ0) is 42.7. The smallest absolute Gasteiger partial charge is 0.462 e. The van der Waals surface area contributed by atoms with Crippen molar-refractivity contribution in [3.63, 3.8) is 0 Å². The quantitative estimate of drug-likeness (QED) is 0.0165. The summed E-state index contributed by atoms with van der Waals surface area (Å²) in [5.41, 5.74) is 0. The molecular weight excluding hydrogens is 786 g/mol. The summed E-state index contributed by atoms with van der Waals surface area (Å²) in [7, 11) is -9.75. The van der Waals surface area contributed by atoms with E-state index < -0.39 is 84.5 Å². The summed E-state index contributed by atoms with van der Waals surface area (Å²) in [6.45, 7) is 3.58. The summed E-state index contributed by atoms with van der Waals surface area (Å²) in [4.78, 5) is 52.7. The number of phosphoric acid groups is 2. The highest BCUT2D eigenvalue weighted by atomic mass is 31.2. The van der Waals surface area contributed by atoms with Crippen LogP contribution in [0.25, 0.3) is 0 Å². The Balaban J connectivity index is 2.60. The highest BCUT2D eigenvalue weighted by Crippen LogP contribution is 2.44. The van der Waals surface area contributed by atoms with Gasteiger partial charge in [-0.3, -0.25) is 23.2 Å². The third-order valence-electron chi connectivity index (χ3n) is 9.58. The first kappa shape index (κ1) is 53.5. The molecule has 8 atom stereocenters. The number of carbonyl (C=O) groups is 2. The van der Waals surface area contributed by atoms with E-state index >= 15 is 0 Å². The van der Waals surface area contributed by atoms with E-state index in [1.54, 1.807) is 6.08 Å². The lowest BCUT2D eigenvalue weighted by Gasteiger charge is -2.20. The van der Waals surface area contributed by atoms with Crippen molar-refractivity contribution in [1.29, 1.82) is 0 Å². The molecule has 16 nitrogen and oxygen atoms in total. The third-order valence-corrected chi connectivity index (χ3v) is 11.0. The van der Waals surface area contributed by atoms with E-state index in [9.17, 15) is 44.0 Å². The zero-order valence-corrected chi connectivity index (χ0v) is 36.0. The lowest BCUT2D eigenvalue weighted by Crippen LogP contribution is -2.30. The van der Waals surface area contributed by atoms with Gasteiger partial charge in [0.05, 0.1) is 38.1 Å². The third kappa shape index (κ3) is 28.6. The van der Waals surface area contributed by atoms with Crippen LogP contribution in [0.1, 0.15) is 136 Å². The fraction of sp³-hybridized carbons (Fsp3) is 0.846. The minimum atomic E-state index is -4.89. The maximum Gasteiger partial charge on any atom is 0.472 e. The molecule has 18 heteroatoms. The van der Waals surface area contributed by atoms with Crippen molar-refractivity contribution in [2.45, 2.75) is 167 Å². The lowest BCUT2D eigenvalue weighted by molar-refractivity contribution is -0.161. The second-order valence-corrected chi connectivity index (χ2v) is 18.1. The molecule has 1 aliphatic carbocycles. The first-order chi connectivity index (χ1) is 26.9. The Labute approximate surface area is 339 Å². The minimum absolute atomic E-state index is 0.0194. The normalized spacial score (nSPS) is 21.6. The van der Waals surface area contributed by atoms with Gasteiger partial charge in [0.15, 0.2) is 6.10 Å². The number of hydrogen-bond acceptors (Lipinski definition) is 13. The van der Waals surface area contributed by atoms with Gasteiger partial charge in [-0.15, -0.1) is 0 Å². The molecule has 334 valence electrons. The molecule has 7 N–H and O–H groups in total. The molecule has 0 amide bonds. The van der Waals surface area contributed by atoms with Crippen LogP contribution in [-0.4, -0.2) is 104 Å². The van der Waals surface area contributed by atoms with E-state index in [1.807, 2.05) is 18.2 Å². The SMILES string of the molecule is CCCCC[C@H](O)/C=C/[C@@H]1[C@@H](C/C=C/CCCC(=O)OC[C@H](COP(=O)(O)OC[C@@H](O)COP(=O)(O)O)OC(=O)CCCCCCCCCC(C)C)[C@@H](O)C[C@H]1O. The number of unbranched alkanes of at least 4 members (excludes halogenated alkanes) is 9. The standard InChI is InChI=1S/C39H72O16P2/c1-4-5-13-19-31(40)23-24-35-34(36(42)25-37(35)43)20-15-11-12-16-21-38(44)51-28-33(29-54-57(49,50)53-27-32(41)26-52-56(46,47)48)55-39(45)22-17-10-8-6-7-9-14-18-30(2)3/h11,15,23-24,30-37,40-43H,4-10,12-14,16-22,25-29H2,1-3H3,(H,49,50)(H2,46,47,48)/b15-11+,24-23+/t31-,32-,33+,34+,35+,36-,37+/m0/s1. The van der Waals surface area contributed by atoms with Crippen LogP contribution in [0, 0.1) is 17.8 Å². The van der Waals surface area contributed by atoms with Crippen LogP contribution < -0.4 is 0 Å². The van der Waals surface area contributed by atoms with Crippen molar-refractivity contribution in [1.82, 2.24) is 0 Å². The van der Waals surface area contributed by atoms with Crippen LogP contribution in [0.2, 0.25) is 0 Å². The number of aliphatic hydroxyl groups excluding tert-OH is 4. The molecule has 0 radical (unpaired) electrons. The molecule has 1 saturated carbocycles. The first-order valence-corrected chi connectivity index (χ1v) is 23.7. The molecule has 0 aliphatic heterocycles. The Morgan fingerprint density at radius 2 is 1.35 bits per heavy atom. The zero-order valence-electron chi connectivity index (χ0n) is 34.2. The summed E-state index contributed by atoms with van der Waals surface area (Å²) in [5.74, 6) is -1.01. The monoisotopic (exact) mass is 858 g/mol. The lowest BCUT2D eigenvalue weighted by atomic mass is 9.89. The number of aliphatic hydroxyl groups is 4. The van der Waals surface area contributed by atoms with Crippen molar-refractivity contribution >= 4 is 27.6 Å². The van der Waals surface area contributed by atoms with Crippen LogP contribution in [0.5, 0.6) is 0 Å². The molecule has 0 aromatic heterocycles. The maximum atomic E-state index is 12.6. The molecule has 0 aromatic rings. The van der Waals surface area contributed by atoms with E-state index in [-0.39, 0.29) is 31.1 Å². The number of phosphoric ester groups is 2. The Hall–Kier alpha value is -1.52. The molecule has 1 fully saturated rings. The van der Waals surface area contributed by atoms with E-state index in [4.69, 9.17) is 23.8 Å². The number of allylic oxidation sites excluding steroid dienone is 2. The maximum absolute atomic E-state index is 12.6. The largest absolute Gasteiger partial charge is 0.472 e. The summed E-state index contributed by atoms with van der Waals surface area (Å²) < 4.78 is 47.6. The van der Waals surface area contributed by atoms with E-state index in [1.165, 1.54) is 19.3 Å². The molecule has 0 heterocycles. The van der Waals surface area contributed by atoms with E-state index in [2.05, 4.69) is 29.8 Å². The molecule has 1 unspecified atom stereocenters. The summed E-state index contributed by atoms with van der Waals surface area (Å²) in [5, 5.41) is 41.0.